The van der Waals surface area contributed by atoms with Crippen molar-refractivity contribution in [3.63, 3.8) is 0 Å². The molecule has 1 amide bonds. The molecule has 1 aliphatic carbocycles. The summed E-state index contributed by atoms with van der Waals surface area (Å²) in [7, 11) is 0. The minimum Gasteiger partial charge on any atom is -0.481 e. The van der Waals surface area contributed by atoms with Gasteiger partial charge in [-0.2, -0.15) is 0 Å². The van der Waals surface area contributed by atoms with Crippen LogP contribution in [0, 0.1) is 5.92 Å². The Bertz CT molecular complexity index is 539. The Hall–Kier alpha value is -1.40. The normalized spacial score (nSPS) is 22.3. The molecule has 0 spiro atoms. The van der Waals surface area contributed by atoms with Crippen molar-refractivity contribution in [2.24, 2.45) is 5.92 Å². The van der Waals surface area contributed by atoms with Crippen LogP contribution in [0.5, 0.6) is 0 Å². The molecule has 1 aliphatic rings. The number of carbonyl (C=O) groups is 2. The van der Waals surface area contributed by atoms with E-state index in [1.54, 1.807) is 0 Å². The van der Waals surface area contributed by atoms with Gasteiger partial charge >= 0.3 is 5.97 Å². The van der Waals surface area contributed by atoms with Gasteiger partial charge in [-0.1, -0.05) is 36.0 Å². The van der Waals surface area contributed by atoms with E-state index < -0.39 is 23.8 Å². The van der Waals surface area contributed by atoms with Gasteiger partial charge in [-0.25, -0.2) is 0 Å². The van der Waals surface area contributed by atoms with E-state index in [-0.39, 0.29) is 15.9 Å². The van der Waals surface area contributed by atoms with Crippen LogP contribution in [-0.4, -0.2) is 33.2 Å². The van der Waals surface area contributed by atoms with E-state index in [2.05, 4.69) is 15.5 Å². The quantitative estimate of drug-likeness (QED) is 0.891. The highest BCUT2D eigenvalue weighted by molar-refractivity contribution is 6.34. The van der Waals surface area contributed by atoms with Crippen molar-refractivity contribution in [3.05, 3.63) is 21.9 Å². The zero-order valence-electron chi connectivity index (χ0n) is 10.5. The minimum absolute atomic E-state index is 0.0537. The Kier molecular flexibility index (Phi) is 4.77. The summed E-state index contributed by atoms with van der Waals surface area (Å²) in [4.78, 5) is 23.3. The van der Waals surface area contributed by atoms with Crippen LogP contribution >= 0.6 is 23.2 Å². The van der Waals surface area contributed by atoms with Crippen LogP contribution in [0.1, 0.15) is 36.0 Å². The number of aromatic nitrogens is 2. The number of hydrogen-bond donors (Lipinski definition) is 2. The van der Waals surface area contributed by atoms with Gasteiger partial charge in [0.25, 0.3) is 5.91 Å². The van der Waals surface area contributed by atoms with Crippen LogP contribution in [0.15, 0.2) is 6.07 Å². The average molecular weight is 318 g/mol. The average Bonchev–Trinajstić information content (AvgIpc) is 2.41. The molecule has 1 aromatic rings. The summed E-state index contributed by atoms with van der Waals surface area (Å²) in [5.74, 6) is -1.95. The molecule has 20 heavy (non-hydrogen) atoms. The lowest BCUT2D eigenvalue weighted by atomic mass is 9.84. The second kappa shape index (κ2) is 6.37. The lowest BCUT2D eigenvalue weighted by Crippen LogP contribution is -2.45. The fraction of sp³-hybridized carbons (Fsp3) is 0.500. The van der Waals surface area contributed by atoms with Gasteiger partial charge in [-0.3, -0.25) is 9.59 Å². The maximum absolute atomic E-state index is 12.1. The Morgan fingerprint density at radius 2 is 1.95 bits per heavy atom. The van der Waals surface area contributed by atoms with Crippen LogP contribution in [0.4, 0.5) is 0 Å². The standard InChI is InChI=1S/C12H13Cl2N3O3/c13-9-5-7(10(14)17-16-9)11(18)15-8-4-2-1-3-6(8)12(19)20/h5-6,8H,1-4H2,(H,15,18)(H,19,20). The molecule has 1 fully saturated rings. The van der Waals surface area contributed by atoms with E-state index in [1.165, 1.54) is 6.07 Å². The second-order valence-electron chi connectivity index (χ2n) is 4.68. The summed E-state index contributed by atoms with van der Waals surface area (Å²) in [5, 5.41) is 18.9. The topological polar surface area (TPSA) is 92.2 Å². The van der Waals surface area contributed by atoms with Crippen molar-refractivity contribution in [1.82, 2.24) is 15.5 Å². The number of nitrogens with zero attached hydrogens (tertiary/aromatic N) is 2. The lowest BCUT2D eigenvalue weighted by Gasteiger charge is -2.29. The summed E-state index contributed by atoms with van der Waals surface area (Å²) in [6.07, 6.45) is 2.93. The summed E-state index contributed by atoms with van der Waals surface area (Å²) in [5.41, 5.74) is 0.0985. The largest absolute Gasteiger partial charge is 0.481 e. The lowest BCUT2D eigenvalue weighted by molar-refractivity contribution is -0.143. The van der Waals surface area contributed by atoms with Crippen molar-refractivity contribution in [2.45, 2.75) is 31.7 Å². The van der Waals surface area contributed by atoms with Crippen molar-refractivity contribution in [3.8, 4) is 0 Å². The van der Waals surface area contributed by atoms with E-state index in [4.69, 9.17) is 23.2 Å². The molecule has 6 nitrogen and oxygen atoms in total. The highest BCUT2D eigenvalue weighted by atomic mass is 35.5. The molecule has 108 valence electrons. The first kappa shape index (κ1) is 15.0. The molecule has 0 aromatic carbocycles. The molecule has 1 aromatic heterocycles. The van der Waals surface area contributed by atoms with E-state index in [9.17, 15) is 14.7 Å². The van der Waals surface area contributed by atoms with Crippen LogP contribution in [0.2, 0.25) is 10.3 Å². The van der Waals surface area contributed by atoms with E-state index in [0.717, 1.165) is 12.8 Å². The first-order valence-corrected chi connectivity index (χ1v) is 6.97. The third-order valence-corrected chi connectivity index (χ3v) is 3.83. The van der Waals surface area contributed by atoms with Gasteiger partial charge < -0.3 is 10.4 Å². The molecule has 0 aliphatic heterocycles. The van der Waals surface area contributed by atoms with Gasteiger partial charge in [0.1, 0.15) is 0 Å². The molecule has 0 saturated heterocycles. The van der Waals surface area contributed by atoms with E-state index >= 15 is 0 Å². The van der Waals surface area contributed by atoms with Gasteiger partial charge in [-0.05, 0) is 18.9 Å². The van der Waals surface area contributed by atoms with Crippen LogP contribution in [-0.2, 0) is 4.79 Å². The van der Waals surface area contributed by atoms with Crippen molar-refractivity contribution in [2.75, 3.05) is 0 Å². The second-order valence-corrected chi connectivity index (χ2v) is 5.43. The number of carboxylic acids is 1. The summed E-state index contributed by atoms with van der Waals surface area (Å²) in [6.45, 7) is 0. The van der Waals surface area contributed by atoms with Crippen molar-refractivity contribution in [1.29, 1.82) is 0 Å². The first-order valence-electron chi connectivity index (χ1n) is 6.21. The molecular weight excluding hydrogens is 305 g/mol. The van der Waals surface area contributed by atoms with Crippen LogP contribution < -0.4 is 5.32 Å². The molecule has 0 radical (unpaired) electrons. The number of rotatable bonds is 3. The van der Waals surface area contributed by atoms with Gasteiger partial charge in [0.05, 0.1) is 11.5 Å². The van der Waals surface area contributed by atoms with Gasteiger partial charge in [-0.15, -0.1) is 10.2 Å². The molecule has 1 heterocycles. The summed E-state index contributed by atoms with van der Waals surface area (Å²) in [6, 6.07) is 0.905. The Balaban J connectivity index is 2.13. The molecule has 2 rings (SSSR count). The smallest absolute Gasteiger partial charge is 0.308 e. The zero-order valence-corrected chi connectivity index (χ0v) is 12.0. The highest BCUT2D eigenvalue weighted by Gasteiger charge is 2.32. The maximum atomic E-state index is 12.1. The van der Waals surface area contributed by atoms with E-state index in [0.29, 0.717) is 12.8 Å². The van der Waals surface area contributed by atoms with Crippen molar-refractivity contribution < 1.29 is 14.7 Å². The van der Waals surface area contributed by atoms with Crippen molar-refractivity contribution >= 4 is 35.1 Å². The third kappa shape index (κ3) is 3.37. The number of halogens is 2. The third-order valence-electron chi connectivity index (χ3n) is 3.36. The number of nitrogens with one attached hydrogen (secondary N) is 1. The molecule has 0 bridgehead atoms. The van der Waals surface area contributed by atoms with Gasteiger partial charge in [0.15, 0.2) is 10.3 Å². The van der Waals surface area contributed by atoms with Gasteiger partial charge in [0, 0.05) is 6.04 Å². The minimum atomic E-state index is -0.896. The predicted octanol–water partition coefficient (Wildman–Crippen LogP) is 2.16. The number of carbonyl (C=O) groups excluding carboxylic acids is 1. The molecule has 1 saturated carbocycles. The number of hydrogen-bond acceptors (Lipinski definition) is 4. The zero-order chi connectivity index (χ0) is 14.7. The summed E-state index contributed by atoms with van der Waals surface area (Å²) >= 11 is 11.5. The van der Waals surface area contributed by atoms with Gasteiger partial charge in [0.2, 0.25) is 0 Å². The fourth-order valence-corrected chi connectivity index (χ4v) is 2.68. The highest BCUT2D eigenvalue weighted by Crippen LogP contribution is 2.25. The first-order chi connectivity index (χ1) is 9.49. The molecule has 2 atom stereocenters. The van der Waals surface area contributed by atoms with E-state index in [1.807, 2.05) is 0 Å². The Morgan fingerprint density at radius 3 is 2.65 bits per heavy atom. The SMILES string of the molecule is O=C(NC1CCCCC1C(=O)O)c1cc(Cl)nnc1Cl. The molecular formula is C12H13Cl2N3O3. The number of carboxylic acid groups (broad SMARTS) is 1. The summed E-state index contributed by atoms with van der Waals surface area (Å²) < 4.78 is 0. The number of aliphatic carboxylic acids is 1. The Morgan fingerprint density at radius 1 is 1.25 bits per heavy atom. The molecule has 8 heteroatoms. The fourth-order valence-electron chi connectivity index (χ4n) is 2.36. The number of amides is 1. The van der Waals surface area contributed by atoms with Crippen LogP contribution in [0.3, 0.4) is 0 Å². The maximum Gasteiger partial charge on any atom is 0.308 e. The Labute approximate surface area is 125 Å². The predicted molar refractivity (Wildman–Crippen MR) is 72.9 cm³/mol. The van der Waals surface area contributed by atoms with Crippen LogP contribution in [0.25, 0.3) is 0 Å². The molecule has 2 N–H and O–H groups in total. The molecule has 2 unspecified atom stereocenters. The monoisotopic (exact) mass is 317 g/mol.